The third-order valence-corrected chi connectivity index (χ3v) is 7.34. The highest BCUT2D eigenvalue weighted by molar-refractivity contribution is 6.33. The monoisotopic (exact) mass is 550 g/mol. The fourth-order valence-electron chi connectivity index (χ4n) is 4.76. The molecule has 1 aliphatic rings. The zero-order valence-corrected chi connectivity index (χ0v) is 22.5. The molecule has 8 nitrogen and oxygen atoms in total. The van der Waals surface area contributed by atoms with Gasteiger partial charge in [-0.1, -0.05) is 48.2 Å². The van der Waals surface area contributed by atoms with E-state index in [4.69, 9.17) is 38.0 Å². The van der Waals surface area contributed by atoms with E-state index in [9.17, 15) is 4.79 Å². The summed E-state index contributed by atoms with van der Waals surface area (Å²) in [6.07, 6.45) is 7.56. The van der Waals surface area contributed by atoms with Crippen LogP contribution in [0.25, 0.3) is 22.8 Å². The molecule has 2 aromatic carbocycles. The van der Waals surface area contributed by atoms with Crippen molar-refractivity contribution in [2.45, 2.75) is 38.3 Å². The maximum Gasteiger partial charge on any atom is 0.322 e. The maximum absolute atomic E-state index is 13.4. The summed E-state index contributed by atoms with van der Waals surface area (Å²) in [6.45, 7) is 0.903. The fraction of sp³-hybridized carbons (Fsp3) is 0.286. The molecule has 0 spiro atoms. The van der Waals surface area contributed by atoms with Crippen LogP contribution in [0.4, 0.5) is 10.5 Å². The first-order valence-electron chi connectivity index (χ1n) is 12.5. The molecule has 1 saturated carbocycles. The number of amides is 2. The molecule has 4 aromatic rings. The number of aromatic nitrogens is 4. The smallest absolute Gasteiger partial charge is 0.322 e. The summed E-state index contributed by atoms with van der Waals surface area (Å²) in [6, 6.07) is 16.5. The van der Waals surface area contributed by atoms with Crippen LogP contribution in [0.1, 0.15) is 25.7 Å². The molecule has 5 rings (SSSR count). The van der Waals surface area contributed by atoms with E-state index < -0.39 is 0 Å². The maximum atomic E-state index is 13.4. The Morgan fingerprint density at radius 1 is 1.05 bits per heavy atom. The van der Waals surface area contributed by atoms with Crippen molar-refractivity contribution < 1.29 is 9.53 Å². The molecule has 38 heavy (non-hydrogen) atoms. The van der Waals surface area contributed by atoms with Crippen molar-refractivity contribution in [3.8, 4) is 28.5 Å². The molecule has 10 heteroatoms. The van der Waals surface area contributed by atoms with E-state index in [1.54, 1.807) is 31.6 Å². The van der Waals surface area contributed by atoms with Crippen LogP contribution in [0.2, 0.25) is 10.0 Å². The number of carbonyl (C=O) groups is 1. The largest absolute Gasteiger partial charge is 0.495 e. The second-order valence-electron chi connectivity index (χ2n) is 9.11. The van der Waals surface area contributed by atoms with Crippen LogP contribution >= 0.6 is 23.2 Å². The molecule has 196 valence electrons. The number of halogens is 2. The number of methoxy groups -OCH3 is 1. The average molecular weight is 551 g/mol. The van der Waals surface area contributed by atoms with Gasteiger partial charge in [0, 0.05) is 36.1 Å². The lowest BCUT2D eigenvalue weighted by atomic mass is 10.2. The molecule has 0 unspecified atom stereocenters. The second kappa shape index (κ2) is 11.8. The van der Waals surface area contributed by atoms with E-state index in [2.05, 4.69) is 10.3 Å². The number of benzene rings is 2. The van der Waals surface area contributed by atoms with E-state index in [1.165, 1.54) is 0 Å². The van der Waals surface area contributed by atoms with Gasteiger partial charge in [-0.25, -0.2) is 14.5 Å². The van der Waals surface area contributed by atoms with Gasteiger partial charge in [0.2, 0.25) is 0 Å². The van der Waals surface area contributed by atoms with Crippen LogP contribution in [0.15, 0.2) is 67.0 Å². The van der Waals surface area contributed by atoms with E-state index in [0.717, 1.165) is 36.8 Å². The Kier molecular flexibility index (Phi) is 8.10. The highest BCUT2D eigenvalue weighted by Crippen LogP contribution is 2.31. The van der Waals surface area contributed by atoms with E-state index in [-0.39, 0.29) is 12.1 Å². The standard InChI is InChI=1S/C28H28Cl2N6O2/c1-38-25-11-10-20(18-23(25)30)27-33-26(19-12-14-31-15-13-19)34-36(27)17-16-35(21-6-2-3-7-21)28(37)32-24-9-5-4-8-22(24)29/h4-5,8-15,18,21H,2-3,6-7,16-17H2,1H3,(H,32,37). The summed E-state index contributed by atoms with van der Waals surface area (Å²) < 4.78 is 7.15. The fourth-order valence-corrected chi connectivity index (χ4v) is 5.20. The molecule has 0 radical (unpaired) electrons. The highest BCUT2D eigenvalue weighted by atomic mass is 35.5. The molecular formula is C28H28Cl2N6O2. The van der Waals surface area contributed by atoms with Gasteiger partial charge in [-0.05, 0) is 55.3 Å². The first-order chi connectivity index (χ1) is 18.5. The minimum Gasteiger partial charge on any atom is -0.495 e. The Morgan fingerprint density at radius 2 is 1.82 bits per heavy atom. The number of nitrogens with one attached hydrogen (secondary N) is 1. The number of hydrogen-bond acceptors (Lipinski definition) is 5. The predicted molar refractivity (Wildman–Crippen MR) is 150 cm³/mol. The molecule has 2 amide bonds. The van der Waals surface area contributed by atoms with E-state index in [0.29, 0.717) is 46.2 Å². The minimum absolute atomic E-state index is 0.152. The molecule has 0 aliphatic heterocycles. The Balaban J connectivity index is 1.44. The van der Waals surface area contributed by atoms with Crippen LogP contribution in [0.3, 0.4) is 0 Å². The van der Waals surface area contributed by atoms with Crippen molar-refractivity contribution in [3.05, 3.63) is 77.0 Å². The molecule has 1 aliphatic carbocycles. The van der Waals surface area contributed by atoms with Gasteiger partial charge in [0.15, 0.2) is 11.6 Å². The van der Waals surface area contributed by atoms with Crippen molar-refractivity contribution in [3.63, 3.8) is 0 Å². The van der Waals surface area contributed by atoms with Crippen molar-refractivity contribution in [1.82, 2.24) is 24.6 Å². The number of ether oxygens (including phenoxy) is 1. The Morgan fingerprint density at radius 3 is 2.53 bits per heavy atom. The lowest BCUT2D eigenvalue weighted by Crippen LogP contribution is -2.43. The second-order valence-corrected chi connectivity index (χ2v) is 9.92. The number of nitrogens with zero attached hydrogens (tertiary/aromatic N) is 5. The summed E-state index contributed by atoms with van der Waals surface area (Å²) in [5, 5.41) is 8.79. The summed E-state index contributed by atoms with van der Waals surface area (Å²) in [4.78, 5) is 24.3. The summed E-state index contributed by atoms with van der Waals surface area (Å²) in [7, 11) is 1.58. The molecule has 0 saturated heterocycles. The van der Waals surface area contributed by atoms with Gasteiger partial charge in [0.05, 0.1) is 29.4 Å². The van der Waals surface area contributed by atoms with Gasteiger partial charge in [-0.2, -0.15) is 5.10 Å². The lowest BCUT2D eigenvalue weighted by molar-refractivity contribution is 0.184. The van der Waals surface area contributed by atoms with Gasteiger partial charge in [0.25, 0.3) is 0 Å². The molecule has 2 aromatic heterocycles. The molecule has 1 N–H and O–H groups in total. The Bertz CT molecular complexity index is 1410. The molecule has 0 bridgehead atoms. The number of pyridine rings is 1. The average Bonchev–Trinajstić information content (AvgIpc) is 3.62. The lowest BCUT2D eigenvalue weighted by Gasteiger charge is -2.29. The first kappa shape index (κ1) is 26.0. The van der Waals surface area contributed by atoms with Crippen molar-refractivity contribution in [1.29, 1.82) is 0 Å². The van der Waals surface area contributed by atoms with E-state index >= 15 is 0 Å². The predicted octanol–water partition coefficient (Wildman–Crippen LogP) is 6.80. The quantitative estimate of drug-likeness (QED) is 0.260. The van der Waals surface area contributed by atoms with Crippen LogP contribution in [-0.4, -0.2) is 50.4 Å². The first-order valence-corrected chi connectivity index (χ1v) is 13.3. The molecular weight excluding hydrogens is 523 g/mol. The molecule has 2 heterocycles. The number of anilines is 1. The number of para-hydroxylation sites is 1. The van der Waals surface area contributed by atoms with Crippen LogP contribution < -0.4 is 10.1 Å². The topological polar surface area (TPSA) is 85.2 Å². The van der Waals surface area contributed by atoms with Crippen molar-refractivity contribution >= 4 is 34.9 Å². The number of carbonyl (C=O) groups excluding carboxylic acids is 1. The van der Waals surface area contributed by atoms with Gasteiger partial charge in [0.1, 0.15) is 5.75 Å². The van der Waals surface area contributed by atoms with Gasteiger partial charge in [-0.15, -0.1) is 0 Å². The third-order valence-electron chi connectivity index (χ3n) is 6.71. The normalized spacial score (nSPS) is 13.4. The summed E-state index contributed by atoms with van der Waals surface area (Å²) >= 11 is 12.7. The summed E-state index contributed by atoms with van der Waals surface area (Å²) in [5.74, 6) is 1.81. The van der Waals surface area contributed by atoms with Gasteiger partial charge in [-0.3, -0.25) is 4.98 Å². The van der Waals surface area contributed by atoms with Crippen LogP contribution in [0.5, 0.6) is 5.75 Å². The Labute approximate surface area is 231 Å². The number of hydrogen-bond donors (Lipinski definition) is 1. The molecule has 0 atom stereocenters. The Hall–Kier alpha value is -3.62. The number of urea groups is 1. The zero-order chi connectivity index (χ0) is 26.5. The number of rotatable bonds is 8. The van der Waals surface area contributed by atoms with Crippen LogP contribution in [-0.2, 0) is 6.54 Å². The van der Waals surface area contributed by atoms with E-state index in [1.807, 2.05) is 52.0 Å². The van der Waals surface area contributed by atoms with Crippen LogP contribution in [0, 0.1) is 0 Å². The minimum atomic E-state index is -0.173. The third kappa shape index (κ3) is 5.76. The van der Waals surface area contributed by atoms with Crippen molar-refractivity contribution in [2.24, 2.45) is 0 Å². The highest BCUT2D eigenvalue weighted by Gasteiger charge is 2.27. The summed E-state index contributed by atoms with van der Waals surface area (Å²) in [5.41, 5.74) is 2.25. The van der Waals surface area contributed by atoms with Gasteiger partial charge >= 0.3 is 6.03 Å². The molecule has 1 fully saturated rings. The zero-order valence-electron chi connectivity index (χ0n) is 21.0. The van der Waals surface area contributed by atoms with Crippen molar-refractivity contribution in [2.75, 3.05) is 19.0 Å². The SMILES string of the molecule is COc1ccc(-c2nc(-c3ccncc3)nn2CCN(C(=O)Nc2ccccc2Cl)C2CCCC2)cc1Cl. The van der Waals surface area contributed by atoms with Gasteiger partial charge < -0.3 is 15.0 Å².